The topological polar surface area (TPSA) is 79.9 Å². The van der Waals surface area contributed by atoms with Crippen LogP contribution in [0, 0.1) is 11.3 Å². The molecule has 4 aromatic rings. The molecular weight excluding hydrogens is 472 g/mol. The Balaban J connectivity index is 1.42. The lowest BCUT2D eigenvalue weighted by atomic mass is 9.95. The van der Waals surface area contributed by atoms with E-state index in [1.807, 2.05) is 91.1 Å². The summed E-state index contributed by atoms with van der Waals surface area (Å²) in [5.41, 5.74) is 4.31. The molecule has 0 unspecified atom stereocenters. The molecule has 1 heterocycles. The molecule has 6 nitrogen and oxygen atoms in total. The lowest BCUT2D eigenvalue weighted by Crippen LogP contribution is -2.36. The van der Waals surface area contributed by atoms with Crippen molar-refractivity contribution in [3.8, 4) is 28.8 Å². The molecule has 5 rings (SSSR count). The van der Waals surface area contributed by atoms with Crippen LogP contribution in [0.4, 0.5) is 0 Å². The molecule has 0 aliphatic heterocycles. The lowest BCUT2D eigenvalue weighted by molar-refractivity contribution is -0.117. The minimum atomic E-state index is -0.331. The van der Waals surface area contributed by atoms with Crippen LogP contribution in [0.3, 0.4) is 0 Å². The number of hydrogen-bond acceptors (Lipinski definition) is 4. The van der Waals surface area contributed by atoms with Crippen LogP contribution < -0.4 is 10.1 Å². The van der Waals surface area contributed by atoms with Gasteiger partial charge in [-0.05, 0) is 60.9 Å². The summed E-state index contributed by atoms with van der Waals surface area (Å²) >= 11 is 0. The summed E-state index contributed by atoms with van der Waals surface area (Å²) in [6.07, 6.45) is 8.83. The van der Waals surface area contributed by atoms with Crippen molar-refractivity contribution in [3.63, 3.8) is 0 Å². The molecule has 1 aliphatic carbocycles. The summed E-state index contributed by atoms with van der Waals surface area (Å²) in [5, 5.41) is 17.7. The van der Waals surface area contributed by atoms with Gasteiger partial charge < -0.3 is 10.1 Å². The first kappa shape index (κ1) is 25.0. The van der Waals surface area contributed by atoms with Crippen LogP contribution in [0.5, 0.6) is 5.75 Å². The Labute approximate surface area is 223 Å². The third kappa shape index (κ3) is 6.19. The van der Waals surface area contributed by atoms with Crippen LogP contribution >= 0.6 is 0 Å². The van der Waals surface area contributed by atoms with Crippen molar-refractivity contribution in [2.24, 2.45) is 0 Å². The van der Waals surface area contributed by atoms with E-state index in [0.29, 0.717) is 17.9 Å². The van der Waals surface area contributed by atoms with Crippen molar-refractivity contribution in [1.82, 2.24) is 15.1 Å². The van der Waals surface area contributed by atoms with E-state index in [4.69, 9.17) is 9.84 Å². The van der Waals surface area contributed by atoms with Gasteiger partial charge in [-0.1, -0.05) is 67.8 Å². The van der Waals surface area contributed by atoms with Crippen molar-refractivity contribution < 1.29 is 9.53 Å². The Kier molecular flexibility index (Phi) is 7.95. The van der Waals surface area contributed by atoms with Gasteiger partial charge in [0.25, 0.3) is 5.91 Å². The second-order valence-electron chi connectivity index (χ2n) is 9.49. The number of aromatic nitrogens is 2. The van der Waals surface area contributed by atoms with Gasteiger partial charge in [0.2, 0.25) is 0 Å². The molecule has 3 aromatic carbocycles. The van der Waals surface area contributed by atoms with E-state index >= 15 is 0 Å². The molecule has 1 amide bonds. The first-order chi connectivity index (χ1) is 18.7. The molecule has 1 aliphatic rings. The van der Waals surface area contributed by atoms with Crippen LogP contribution in [0.15, 0.2) is 96.7 Å². The molecule has 0 saturated heterocycles. The molecular formula is C32H30N4O2. The molecule has 6 heteroatoms. The van der Waals surface area contributed by atoms with Gasteiger partial charge in [0.05, 0.1) is 11.4 Å². The van der Waals surface area contributed by atoms with Gasteiger partial charge in [0, 0.05) is 23.4 Å². The zero-order valence-corrected chi connectivity index (χ0v) is 21.2. The quantitative estimate of drug-likeness (QED) is 0.221. The molecule has 1 fully saturated rings. The number of carbonyl (C=O) groups is 1. The Morgan fingerprint density at radius 3 is 2.34 bits per heavy atom. The number of nitrogens with zero attached hydrogens (tertiary/aromatic N) is 3. The normalized spacial score (nSPS) is 14.0. The highest BCUT2D eigenvalue weighted by atomic mass is 16.5. The smallest absolute Gasteiger partial charge is 0.262 e. The van der Waals surface area contributed by atoms with E-state index in [1.54, 1.807) is 10.8 Å². The number of rotatable bonds is 8. The highest BCUT2D eigenvalue weighted by Gasteiger charge is 2.19. The van der Waals surface area contributed by atoms with E-state index in [-0.39, 0.29) is 17.5 Å². The van der Waals surface area contributed by atoms with E-state index in [2.05, 4.69) is 11.4 Å². The maximum absolute atomic E-state index is 13.0. The van der Waals surface area contributed by atoms with Crippen molar-refractivity contribution in [1.29, 1.82) is 5.26 Å². The minimum Gasteiger partial charge on any atom is -0.489 e. The summed E-state index contributed by atoms with van der Waals surface area (Å²) in [5.74, 6) is 0.421. The van der Waals surface area contributed by atoms with Gasteiger partial charge >= 0.3 is 0 Å². The maximum Gasteiger partial charge on any atom is 0.262 e. The summed E-state index contributed by atoms with van der Waals surface area (Å²) in [7, 11) is 0. The predicted molar refractivity (Wildman–Crippen MR) is 148 cm³/mol. The first-order valence-electron chi connectivity index (χ1n) is 13.0. The van der Waals surface area contributed by atoms with Gasteiger partial charge in [-0.2, -0.15) is 10.4 Å². The fraction of sp³-hybridized carbons (Fsp3) is 0.219. The Bertz CT molecular complexity index is 1430. The summed E-state index contributed by atoms with van der Waals surface area (Å²) < 4.78 is 7.71. The summed E-state index contributed by atoms with van der Waals surface area (Å²) in [6, 6.07) is 29.7. The predicted octanol–water partition coefficient (Wildman–Crippen LogP) is 6.47. The van der Waals surface area contributed by atoms with Gasteiger partial charge in [-0.3, -0.25) is 4.79 Å². The van der Waals surface area contributed by atoms with E-state index < -0.39 is 0 Å². The van der Waals surface area contributed by atoms with Crippen LogP contribution in [-0.4, -0.2) is 21.7 Å². The standard InChI is InChI=1S/C32H30N4O2/c33-21-26(32(37)34-28-12-6-2-7-13-28)20-27-22-36(29-14-8-3-9-15-29)35-31(27)25-16-18-30(19-17-25)38-23-24-10-4-1-5-11-24/h1,3-5,8-11,14-20,22,28H,2,6-7,12-13,23H2,(H,34,37)/b26-20-. The van der Waals surface area contributed by atoms with Gasteiger partial charge in [0.15, 0.2) is 0 Å². The largest absolute Gasteiger partial charge is 0.489 e. The molecule has 38 heavy (non-hydrogen) atoms. The number of ether oxygens (including phenoxy) is 1. The Morgan fingerprint density at radius 1 is 0.974 bits per heavy atom. The summed E-state index contributed by atoms with van der Waals surface area (Å²) in [6.45, 7) is 0.485. The Hall–Kier alpha value is -4.63. The average Bonchev–Trinajstić information content (AvgIpc) is 3.40. The third-order valence-corrected chi connectivity index (χ3v) is 6.74. The van der Waals surface area contributed by atoms with Gasteiger partial charge in [-0.15, -0.1) is 0 Å². The number of amides is 1. The van der Waals surface area contributed by atoms with Crippen LogP contribution in [-0.2, 0) is 11.4 Å². The van der Waals surface area contributed by atoms with E-state index in [1.165, 1.54) is 6.42 Å². The van der Waals surface area contributed by atoms with Gasteiger partial charge in [-0.25, -0.2) is 4.68 Å². The fourth-order valence-electron chi connectivity index (χ4n) is 4.69. The molecule has 0 radical (unpaired) electrons. The summed E-state index contributed by atoms with van der Waals surface area (Å²) in [4.78, 5) is 13.0. The van der Waals surface area contributed by atoms with Crippen molar-refractivity contribution >= 4 is 12.0 Å². The number of carbonyl (C=O) groups excluding carboxylic acids is 1. The van der Waals surface area contributed by atoms with Crippen molar-refractivity contribution in [2.75, 3.05) is 0 Å². The number of benzene rings is 3. The molecule has 0 spiro atoms. The second-order valence-corrected chi connectivity index (χ2v) is 9.49. The molecule has 0 bridgehead atoms. The molecule has 0 atom stereocenters. The minimum absolute atomic E-state index is 0.0762. The highest BCUT2D eigenvalue weighted by molar-refractivity contribution is 6.02. The van der Waals surface area contributed by atoms with Gasteiger partial charge in [0.1, 0.15) is 24.0 Å². The lowest BCUT2D eigenvalue weighted by Gasteiger charge is -2.22. The average molecular weight is 503 g/mol. The fourth-order valence-corrected chi connectivity index (χ4v) is 4.69. The molecule has 1 saturated carbocycles. The zero-order chi connectivity index (χ0) is 26.2. The third-order valence-electron chi connectivity index (χ3n) is 6.74. The van der Waals surface area contributed by atoms with E-state index in [9.17, 15) is 10.1 Å². The number of nitrogens with one attached hydrogen (secondary N) is 1. The number of para-hydroxylation sites is 1. The molecule has 190 valence electrons. The number of hydrogen-bond donors (Lipinski definition) is 1. The van der Waals surface area contributed by atoms with E-state index in [0.717, 1.165) is 48.2 Å². The van der Waals surface area contributed by atoms with Crippen LogP contribution in [0.2, 0.25) is 0 Å². The second kappa shape index (κ2) is 12.1. The highest BCUT2D eigenvalue weighted by Crippen LogP contribution is 2.28. The molecule has 1 N–H and O–H groups in total. The number of nitriles is 1. The molecule has 1 aromatic heterocycles. The first-order valence-corrected chi connectivity index (χ1v) is 13.0. The SMILES string of the molecule is N#C/C(=C/c1cn(-c2ccccc2)nc1-c1ccc(OCc2ccccc2)cc1)C(=O)NC1CCCCC1. The monoisotopic (exact) mass is 502 g/mol. The van der Waals surface area contributed by atoms with Crippen molar-refractivity contribution in [2.45, 2.75) is 44.8 Å². The Morgan fingerprint density at radius 2 is 1.66 bits per heavy atom. The van der Waals surface area contributed by atoms with Crippen LogP contribution in [0.1, 0.15) is 43.2 Å². The van der Waals surface area contributed by atoms with Crippen molar-refractivity contribution in [3.05, 3.63) is 108 Å². The maximum atomic E-state index is 13.0. The zero-order valence-electron chi connectivity index (χ0n) is 21.2. The van der Waals surface area contributed by atoms with Crippen LogP contribution in [0.25, 0.3) is 23.0 Å².